The van der Waals surface area contributed by atoms with Crippen LogP contribution in [0.25, 0.3) is 0 Å². The standard InChI is InChI=1S/C9H18NO2.BF4/c1-8(2)12-9(11)6-7-10(3,4)5;2-1(3,4)5/h6-8H,1-5H3;/q+1;-1/b7-6-;. The summed E-state index contributed by atoms with van der Waals surface area (Å²) in [7, 11) is -0.0859. The number of nitrogens with zero attached hydrogens (tertiary/aromatic N) is 1. The second kappa shape index (κ2) is 7.31. The molecule has 0 saturated heterocycles. The number of esters is 1. The topological polar surface area (TPSA) is 26.3 Å². The maximum atomic E-state index is 11.0. The van der Waals surface area contributed by atoms with Crippen LogP contribution in [-0.4, -0.2) is 45.0 Å². The first-order chi connectivity index (χ1) is 7.31. The summed E-state index contributed by atoms with van der Waals surface area (Å²) in [6.07, 6.45) is 3.19. The molecule has 0 atom stereocenters. The van der Waals surface area contributed by atoms with Crippen LogP contribution in [0.2, 0.25) is 0 Å². The van der Waals surface area contributed by atoms with Gasteiger partial charge in [0.05, 0.1) is 33.3 Å². The summed E-state index contributed by atoms with van der Waals surface area (Å²) in [5.41, 5.74) is 0. The molecule has 0 amide bonds. The minimum Gasteiger partial charge on any atom is -0.460 e. The number of halogens is 4. The van der Waals surface area contributed by atoms with Gasteiger partial charge in [0.1, 0.15) is 6.20 Å². The van der Waals surface area contributed by atoms with Gasteiger partial charge in [-0.2, -0.15) is 0 Å². The molecule has 0 spiro atoms. The van der Waals surface area contributed by atoms with Crippen molar-refractivity contribution in [1.82, 2.24) is 0 Å². The highest BCUT2D eigenvalue weighted by molar-refractivity contribution is 6.50. The first-order valence-electron chi connectivity index (χ1n) is 4.89. The van der Waals surface area contributed by atoms with Gasteiger partial charge in [0.25, 0.3) is 0 Å². The zero-order valence-electron chi connectivity index (χ0n) is 10.6. The van der Waals surface area contributed by atoms with Crippen LogP contribution < -0.4 is 0 Å². The summed E-state index contributed by atoms with van der Waals surface area (Å²) in [6.45, 7) is 3.66. The van der Waals surface area contributed by atoms with Crippen molar-refractivity contribution in [2.45, 2.75) is 20.0 Å². The molecule has 0 aromatic heterocycles. The Morgan fingerprint density at radius 2 is 1.53 bits per heavy atom. The Bertz CT molecular complexity index is 253. The highest BCUT2D eigenvalue weighted by atomic mass is 19.5. The van der Waals surface area contributed by atoms with E-state index < -0.39 is 7.25 Å². The largest absolute Gasteiger partial charge is 0.673 e. The molecule has 0 unspecified atom stereocenters. The van der Waals surface area contributed by atoms with E-state index in [1.54, 1.807) is 6.20 Å². The van der Waals surface area contributed by atoms with Crippen LogP contribution in [0.4, 0.5) is 17.3 Å². The highest BCUT2D eigenvalue weighted by Gasteiger charge is 2.20. The third kappa shape index (κ3) is 31.3. The molecule has 0 aliphatic carbocycles. The molecule has 8 heteroatoms. The van der Waals surface area contributed by atoms with Gasteiger partial charge in [-0.3, -0.25) is 0 Å². The number of carbonyl (C=O) groups is 1. The Morgan fingerprint density at radius 1 is 1.18 bits per heavy atom. The molecule has 0 aromatic carbocycles. The van der Waals surface area contributed by atoms with E-state index in [1.165, 1.54) is 6.08 Å². The highest BCUT2D eigenvalue weighted by Crippen LogP contribution is 2.06. The number of quaternary nitrogens is 1. The molecule has 0 rings (SSSR count). The summed E-state index contributed by atoms with van der Waals surface area (Å²) < 4.78 is 44.5. The second-order valence-corrected chi connectivity index (χ2v) is 4.41. The van der Waals surface area contributed by atoms with Crippen LogP contribution in [0.3, 0.4) is 0 Å². The number of ether oxygens (including phenoxy) is 1. The molecule has 17 heavy (non-hydrogen) atoms. The normalized spacial score (nSPS) is 12.4. The van der Waals surface area contributed by atoms with Crippen molar-refractivity contribution < 1.29 is 31.3 Å². The molecule has 0 fully saturated rings. The van der Waals surface area contributed by atoms with Gasteiger partial charge in [-0.05, 0) is 13.8 Å². The van der Waals surface area contributed by atoms with E-state index in [0.29, 0.717) is 4.48 Å². The molecule has 3 nitrogen and oxygen atoms in total. The second-order valence-electron chi connectivity index (χ2n) is 4.41. The van der Waals surface area contributed by atoms with E-state index in [0.717, 1.165) is 0 Å². The molecule has 0 heterocycles. The zero-order chi connectivity index (χ0) is 14.3. The van der Waals surface area contributed by atoms with Gasteiger partial charge in [0, 0.05) is 0 Å². The fraction of sp³-hybridized carbons (Fsp3) is 0.667. The van der Waals surface area contributed by atoms with Gasteiger partial charge in [-0.1, -0.05) is 0 Å². The fourth-order valence-electron chi connectivity index (χ4n) is 0.556. The molecule has 0 aliphatic rings. The van der Waals surface area contributed by atoms with E-state index in [2.05, 4.69) is 0 Å². The van der Waals surface area contributed by atoms with Crippen molar-refractivity contribution in [2.75, 3.05) is 21.1 Å². The van der Waals surface area contributed by atoms with Crippen molar-refractivity contribution in [1.29, 1.82) is 0 Å². The van der Waals surface area contributed by atoms with Crippen LogP contribution in [0.5, 0.6) is 0 Å². The van der Waals surface area contributed by atoms with Gasteiger partial charge in [0.2, 0.25) is 0 Å². The van der Waals surface area contributed by atoms with Crippen molar-refractivity contribution in [3.05, 3.63) is 12.3 Å². The van der Waals surface area contributed by atoms with Gasteiger partial charge >= 0.3 is 13.2 Å². The van der Waals surface area contributed by atoms with Crippen LogP contribution >= 0.6 is 0 Å². The summed E-state index contributed by atoms with van der Waals surface area (Å²) in [5, 5.41) is 0. The molecule has 0 bridgehead atoms. The van der Waals surface area contributed by atoms with E-state index >= 15 is 0 Å². The molecular formula is C9H18BF4NO2. The molecule has 0 radical (unpaired) electrons. The monoisotopic (exact) mass is 259 g/mol. The first-order valence-corrected chi connectivity index (χ1v) is 4.89. The molecule has 0 aromatic rings. The van der Waals surface area contributed by atoms with E-state index in [-0.39, 0.29) is 12.1 Å². The third-order valence-corrected chi connectivity index (χ3v) is 1.01. The van der Waals surface area contributed by atoms with Crippen LogP contribution in [0, 0.1) is 0 Å². The summed E-state index contributed by atoms with van der Waals surface area (Å²) >= 11 is 0. The van der Waals surface area contributed by atoms with E-state index in [9.17, 15) is 22.1 Å². The van der Waals surface area contributed by atoms with Crippen LogP contribution in [0.1, 0.15) is 13.8 Å². The average molecular weight is 259 g/mol. The SMILES string of the molecule is CC(C)OC(=O)/C=C\[N+](C)(C)C.F[B-](F)(F)F. The molecule has 102 valence electrons. The lowest BCUT2D eigenvalue weighted by Crippen LogP contribution is -2.27. The lowest BCUT2D eigenvalue weighted by Gasteiger charge is -2.17. The van der Waals surface area contributed by atoms with Crippen molar-refractivity contribution in [3.8, 4) is 0 Å². The summed E-state index contributed by atoms with van der Waals surface area (Å²) in [5.74, 6) is -0.280. The fourth-order valence-corrected chi connectivity index (χ4v) is 0.556. The minimum atomic E-state index is -6.00. The zero-order valence-corrected chi connectivity index (χ0v) is 10.6. The van der Waals surface area contributed by atoms with Crippen molar-refractivity contribution in [3.63, 3.8) is 0 Å². The van der Waals surface area contributed by atoms with Crippen LogP contribution in [-0.2, 0) is 9.53 Å². The van der Waals surface area contributed by atoms with Gasteiger partial charge in [-0.25, -0.2) is 4.79 Å². The van der Waals surface area contributed by atoms with Crippen molar-refractivity contribution in [2.24, 2.45) is 0 Å². The number of carbonyl (C=O) groups excluding carboxylic acids is 1. The molecular weight excluding hydrogens is 241 g/mol. The number of hydrogen-bond donors (Lipinski definition) is 0. The van der Waals surface area contributed by atoms with Gasteiger partial charge in [0.15, 0.2) is 0 Å². The average Bonchev–Trinajstić information content (AvgIpc) is 1.94. The molecule has 0 N–H and O–H groups in total. The summed E-state index contributed by atoms with van der Waals surface area (Å²) in [4.78, 5) is 11.0. The van der Waals surface area contributed by atoms with Crippen LogP contribution in [0.15, 0.2) is 12.3 Å². The van der Waals surface area contributed by atoms with Crippen molar-refractivity contribution >= 4 is 13.2 Å². The molecule has 0 aliphatic heterocycles. The van der Waals surface area contributed by atoms with E-state index in [1.807, 2.05) is 35.0 Å². The Hall–Kier alpha value is -1.05. The predicted octanol–water partition coefficient (Wildman–Crippen LogP) is 2.46. The lowest BCUT2D eigenvalue weighted by atomic mass is 10.3. The first kappa shape index (κ1) is 18.3. The molecule has 0 saturated carbocycles. The third-order valence-electron chi connectivity index (χ3n) is 1.01. The van der Waals surface area contributed by atoms with Gasteiger partial charge < -0.3 is 26.5 Å². The minimum absolute atomic E-state index is 0.0466. The van der Waals surface area contributed by atoms with Gasteiger partial charge in [-0.15, -0.1) is 0 Å². The smallest absolute Gasteiger partial charge is 0.460 e. The summed E-state index contributed by atoms with van der Waals surface area (Å²) in [6, 6.07) is 0. The predicted molar refractivity (Wildman–Crippen MR) is 58.6 cm³/mol. The Kier molecular flexibility index (Phi) is 7.88. The quantitative estimate of drug-likeness (QED) is 0.256. The Labute approximate surface area is 98.7 Å². The Balaban J connectivity index is 0. The number of hydrogen-bond acceptors (Lipinski definition) is 2. The number of rotatable bonds is 3. The van der Waals surface area contributed by atoms with E-state index in [4.69, 9.17) is 4.74 Å². The maximum absolute atomic E-state index is 11.0. The maximum Gasteiger partial charge on any atom is 0.673 e. The lowest BCUT2D eigenvalue weighted by molar-refractivity contribution is -0.817. The Morgan fingerprint density at radius 3 is 1.76 bits per heavy atom.